The van der Waals surface area contributed by atoms with E-state index in [9.17, 15) is 4.39 Å². The number of rotatable bonds is 4. The lowest BCUT2D eigenvalue weighted by molar-refractivity contribution is 0.436. The first-order chi connectivity index (χ1) is 10.7. The highest BCUT2D eigenvalue weighted by Gasteiger charge is 2.16. The van der Waals surface area contributed by atoms with Gasteiger partial charge in [-0.2, -0.15) is 0 Å². The third-order valence-electron chi connectivity index (χ3n) is 3.83. The summed E-state index contributed by atoms with van der Waals surface area (Å²) in [6.07, 6.45) is 0. The van der Waals surface area contributed by atoms with Crippen molar-refractivity contribution in [1.29, 1.82) is 0 Å². The fourth-order valence-electron chi connectivity index (χ4n) is 2.54. The number of halogens is 2. The predicted molar refractivity (Wildman–Crippen MR) is 103 cm³/mol. The Morgan fingerprint density at radius 3 is 2.65 bits per heavy atom. The number of hydrogen-bond donors (Lipinski definition) is 1. The van der Waals surface area contributed by atoms with E-state index in [1.54, 1.807) is 13.0 Å². The lowest BCUT2D eigenvalue weighted by Crippen LogP contribution is -2.37. The van der Waals surface area contributed by atoms with E-state index in [0.717, 1.165) is 31.2 Å². The molecule has 1 N–H and O–H groups in total. The maximum absolute atomic E-state index is 13.6. The Morgan fingerprint density at radius 1 is 1.13 bits per heavy atom. The molecule has 0 radical (unpaired) electrons. The van der Waals surface area contributed by atoms with E-state index in [1.165, 1.54) is 5.56 Å². The molecular weight excluding hydrogens is 404 g/mol. The number of hydrogen-bond acceptors (Lipinski definition) is 3. The highest BCUT2D eigenvalue weighted by atomic mass is 127. The summed E-state index contributed by atoms with van der Waals surface area (Å²) >= 11 is 0. The van der Waals surface area contributed by atoms with Crippen molar-refractivity contribution in [2.24, 2.45) is 4.99 Å². The van der Waals surface area contributed by atoms with Crippen LogP contribution in [0.25, 0.3) is 0 Å². The first-order valence-corrected chi connectivity index (χ1v) is 7.54. The molecule has 0 fully saturated rings. The third kappa shape index (κ3) is 4.67. The Balaban J connectivity index is 0.00000192. The van der Waals surface area contributed by atoms with E-state index < -0.39 is 0 Å². The lowest BCUT2D eigenvalue weighted by atomic mass is 10.1. The molecule has 122 valence electrons. The van der Waals surface area contributed by atoms with Crippen LogP contribution in [0.2, 0.25) is 0 Å². The Labute approximate surface area is 153 Å². The van der Waals surface area contributed by atoms with Gasteiger partial charge in [0.05, 0.1) is 6.54 Å². The molecule has 0 unspecified atom stereocenters. The summed E-state index contributed by atoms with van der Waals surface area (Å²) in [6.45, 7) is 4.92. The van der Waals surface area contributed by atoms with E-state index in [-0.39, 0.29) is 29.8 Å². The number of nitrogens with zero attached hydrogens (tertiary/aromatic N) is 2. The molecule has 3 rings (SSSR count). The zero-order valence-corrected chi connectivity index (χ0v) is 15.5. The SMILES string of the molecule is Cc1ccc(CNC2=NCCN2Cc2ccccc2)cc1F.I. The summed E-state index contributed by atoms with van der Waals surface area (Å²) in [7, 11) is 0. The van der Waals surface area contributed by atoms with Gasteiger partial charge in [-0.3, -0.25) is 4.99 Å². The fourth-order valence-corrected chi connectivity index (χ4v) is 2.54. The van der Waals surface area contributed by atoms with Gasteiger partial charge in [0.15, 0.2) is 5.96 Å². The van der Waals surface area contributed by atoms with Gasteiger partial charge in [0.1, 0.15) is 5.82 Å². The van der Waals surface area contributed by atoms with Gasteiger partial charge in [0.25, 0.3) is 0 Å². The van der Waals surface area contributed by atoms with Crippen molar-refractivity contribution in [2.45, 2.75) is 20.0 Å². The molecule has 0 aliphatic carbocycles. The van der Waals surface area contributed by atoms with Crippen LogP contribution >= 0.6 is 24.0 Å². The van der Waals surface area contributed by atoms with Gasteiger partial charge < -0.3 is 10.2 Å². The Bertz CT molecular complexity index is 673. The van der Waals surface area contributed by atoms with E-state index in [0.29, 0.717) is 12.1 Å². The molecule has 1 heterocycles. The molecule has 2 aromatic rings. The summed E-state index contributed by atoms with van der Waals surface area (Å²) in [5, 5.41) is 3.32. The molecule has 0 saturated carbocycles. The van der Waals surface area contributed by atoms with Crippen LogP contribution < -0.4 is 5.32 Å². The summed E-state index contributed by atoms with van der Waals surface area (Å²) < 4.78 is 13.6. The standard InChI is InChI=1S/C18H20FN3.HI/c1-14-7-8-16(11-17(14)19)12-21-18-20-9-10-22(18)13-15-5-3-2-4-6-15;/h2-8,11H,9-10,12-13H2,1H3,(H,20,21);1H. The van der Waals surface area contributed by atoms with Gasteiger partial charge in [-0.15, -0.1) is 24.0 Å². The van der Waals surface area contributed by atoms with Gasteiger partial charge in [0, 0.05) is 19.6 Å². The number of aliphatic imine (C=N–C) groups is 1. The molecule has 5 heteroatoms. The van der Waals surface area contributed by atoms with Crippen molar-refractivity contribution < 1.29 is 4.39 Å². The van der Waals surface area contributed by atoms with Crippen molar-refractivity contribution >= 4 is 29.9 Å². The average Bonchev–Trinajstić information content (AvgIpc) is 2.97. The normalized spacial score (nSPS) is 13.5. The monoisotopic (exact) mass is 425 g/mol. The minimum absolute atomic E-state index is 0. The van der Waals surface area contributed by atoms with Crippen LogP contribution in [0.4, 0.5) is 4.39 Å². The van der Waals surface area contributed by atoms with Gasteiger partial charge >= 0.3 is 0 Å². The number of benzene rings is 2. The summed E-state index contributed by atoms with van der Waals surface area (Å²) in [6, 6.07) is 15.7. The summed E-state index contributed by atoms with van der Waals surface area (Å²) in [5.74, 6) is 0.735. The van der Waals surface area contributed by atoms with Crippen molar-refractivity contribution in [3.63, 3.8) is 0 Å². The van der Waals surface area contributed by atoms with Gasteiger partial charge in [-0.05, 0) is 29.7 Å². The summed E-state index contributed by atoms with van der Waals surface area (Å²) in [5.41, 5.74) is 2.87. The molecule has 2 aromatic carbocycles. The number of nitrogens with one attached hydrogen (secondary N) is 1. The molecule has 23 heavy (non-hydrogen) atoms. The second kappa shape index (κ2) is 8.29. The molecule has 0 saturated heterocycles. The highest BCUT2D eigenvalue weighted by molar-refractivity contribution is 14.0. The summed E-state index contributed by atoms with van der Waals surface area (Å²) in [4.78, 5) is 6.73. The highest BCUT2D eigenvalue weighted by Crippen LogP contribution is 2.11. The van der Waals surface area contributed by atoms with Gasteiger partial charge in [-0.1, -0.05) is 42.5 Å². The Kier molecular flexibility index (Phi) is 6.38. The molecule has 0 spiro atoms. The van der Waals surface area contributed by atoms with Crippen LogP contribution in [0.15, 0.2) is 53.5 Å². The average molecular weight is 425 g/mol. The quantitative estimate of drug-likeness (QED) is 0.757. The minimum atomic E-state index is -0.159. The number of guanidine groups is 1. The predicted octanol–water partition coefficient (Wildman–Crippen LogP) is 3.71. The zero-order valence-electron chi connectivity index (χ0n) is 13.1. The van der Waals surface area contributed by atoms with Crippen LogP contribution in [0.3, 0.4) is 0 Å². The van der Waals surface area contributed by atoms with Gasteiger partial charge in [-0.25, -0.2) is 4.39 Å². The molecule has 1 aliphatic rings. The third-order valence-corrected chi connectivity index (χ3v) is 3.83. The molecule has 0 atom stereocenters. The van der Waals surface area contributed by atoms with Crippen LogP contribution in [0.1, 0.15) is 16.7 Å². The van der Waals surface area contributed by atoms with Crippen molar-refractivity contribution in [3.8, 4) is 0 Å². The first-order valence-electron chi connectivity index (χ1n) is 7.54. The van der Waals surface area contributed by atoms with Crippen molar-refractivity contribution in [3.05, 3.63) is 71.0 Å². The second-order valence-electron chi connectivity index (χ2n) is 5.55. The minimum Gasteiger partial charge on any atom is -0.352 e. The van der Waals surface area contributed by atoms with E-state index in [2.05, 4.69) is 27.3 Å². The zero-order chi connectivity index (χ0) is 15.4. The van der Waals surface area contributed by atoms with Crippen LogP contribution in [-0.4, -0.2) is 23.9 Å². The second-order valence-corrected chi connectivity index (χ2v) is 5.55. The topological polar surface area (TPSA) is 27.6 Å². The number of aryl methyl sites for hydroxylation is 1. The molecule has 3 nitrogen and oxygen atoms in total. The molecule has 0 aromatic heterocycles. The first kappa shape index (κ1) is 17.7. The van der Waals surface area contributed by atoms with E-state index in [4.69, 9.17) is 0 Å². The Hall–Kier alpha value is -1.63. The molecular formula is C18H21FIN3. The lowest BCUT2D eigenvalue weighted by Gasteiger charge is -2.21. The largest absolute Gasteiger partial charge is 0.352 e. The molecule has 1 aliphatic heterocycles. The van der Waals surface area contributed by atoms with Crippen molar-refractivity contribution in [1.82, 2.24) is 10.2 Å². The van der Waals surface area contributed by atoms with Crippen LogP contribution in [0.5, 0.6) is 0 Å². The smallest absolute Gasteiger partial charge is 0.194 e. The van der Waals surface area contributed by atoms with Crippen molar-refractivity contribution in [2.75, 3.05) is 13.1 Å². The van der Waals surface area contributed by atoms with E-state index >= 15 is 0 Å². The fraction of sp³-hybridized carbons (Fsp3) is 0.278. The maximum atomic E-state index is 13.6. The van der Waals surface area contributed by atoms with Gasteiger partial charge in [0.2, 0.25) is 0 Å². The van der Waals surface area contributed by atoms with E-state index in [1.807, 2.05) is 30.3 Å². The molecule has 0 bridgehead atoms. The Morgan fingerprint density at radius 2 is 1.91 bits per heavy atom. The van der Waals surface area contributed by atoms with Crippen LogP contribution in [-0.2, 0) is 13.1 Å². The maximum Gasteiger partial charge on any atom is 0.194 e. The molecule has 0 amide bonds. The van der Waals surface area contributed by atoms with Crippen LogP contribution in [0, 0.1) is 12.7 Å².